The number of rotatable bonds is 0. The van der Waals surface area contributed by atoms with E-state index < -0.39 is 28.0 Å². The summed E-state index contributed by atoms with van der Waals surface area (Å²) in [4.78, 5) is 0. The van der Waals surface area contributed by atoms with Crippen LogP contribution in [0.1, 0.15) is 6.42 Å². The molecule has 0 unspecified atom stereocenters. The molecule has 1 aliphatic rings. The Morgan fingerprint density at radius 3 is 2.00 bits per heavy atom. The van der Waals surface area contributed by atoms with Crippen LogP contribution in [0.25, 0.3) is 0 Å². The van der Waals surface area contributed by atoms with Gasteiger partial charge in [-0.05, 0) is 11.8 Å². The van der Waals surface area contributed by atoms with Gasteiger partial charge in [0.25, 0.3) is 0 Å². The highest BCUT2D eigenvalue weighted by atomic mass is 32.2. The largest absolute Gasteiger partial charge is 0.347 e. The molecule has 10 heavy (non-hydrogen) atoms. The SMILES string of the molecule is FC1(F)CCSC(F)(F)S1. The molecule has 1 rings (SSSR count). The highest BCUT2D eigenvalue weighted by molar-refractivity contribution is 8.18. The molecular formula is C4H4F4S2. The molecule has 0 atom stereocenters. The summed E-state index contributed by atoms with van der Waals surface area (Å²) < 4.78 is 45.3. The lowest BCUT2D eigenvalue weighted by Gasteiger charge is -2.26. The van der Waals surface area contributed by atoms with Crippen molar-refractivity contribution in [3.05, 3.63) is 0 Å². The summed E-state index contributed by atoms with van der Waals surface area (Å²) in [5, 5.41) is -3.24. The summed E-state index contributed by atoms with van der Waals surface area (Å²) >= 11 is -0.286. The van der Waals surface area contributed by atoms with Gasteiger partial charge in [-0.1, -0.05) is 11.8 Å². The standard InChI is InChI=1S/C4H4F4S2/c5-3(6)1-2-9-4(7,8)10-3/h1-2H2. The maximum absolute atomic E-state index is 12.2. The number of hydrogen-bond acceptors (Lipinski definition) is 2. The molecule has 1 fully saturated rings. The Morgan fingerprint density at radius 1 is 1.10 bits per heavy atom. The molecule has 0 saturated carbocycles. The van der Waals surface area contributed by atoms with Gasteiger partial charge in [0.2, 0.25) is 0 Å². The first-order valence-corrected chi connectivity index (χ1v) is 4.31. The van der Waals surface area contributed by atoms with Crippen molar-refractivity contribution in [1.29, 1.82) is 0 Å². The van der Waals surface area contributed by atoms with Gasteiger partial charge < -0.3 is 0 Å². The molecule has 60 valence electrons. The van der Waals surface area contributed by atoms with Crippen LogP contribution in [0.15, 0.2) is 0 Å². The monoisotopic (exact) mass is 192 g/mol. The van der Waals surface area contributed by atoms with Gasteiger partial charge in [0.1, 0.15) is 0 Å². The normalized spacial score (nSPS) is 30.0. The van der Waals surface area contributed by atoms with Crippen LogP contribution >= 0.6 is 23.5 Å². The van der Waals surface area contributed by atoms with E-state index in [1.165, 1.54) is 0 Å². The molecule has 0 bridgehead atoms. The Balaban J connectivity index is 2.56. The highest BCUT2D eigenvalue weighted by Gasteiger charge is 2.48. The number of thioether (sulfide) groups is 2. The third-order valence-electron chi connectivity index (χ3n) is 0.931. The van der Waals surface area contributed by atoms with Gasteiger partial charge in [-0.25, -0.2) is 0 Å². The van der Waals surface area contributed by atoms with Gasteiger partial charge in [-0.2, -0.15) is 17.6 Å². The van der Waals surface area contributed by atoms with E-state index in [1.807, 2.05) is 0 Å². The average Bonchev–Trinajstić information content (AvgIpc) is 1.56. The lowest BCUT2D eigenvalue weighted by atomic mass is 10.5. The molecule has 0 N–H and O–H groups in total. The van der Waals surface area contributed by atoms with Crippen LogP contribution in [0, 0.1) is 0 Å². The van der Waals surface area contributed by atoms with Crippen LogP contribution in [0.2, 0.25) is 0 Å². The van der Waals surface area contributed by atoms with E-state index in [4.69, 9.17) is 0 Å². The summed E-state index contributed by atoms with van der Waals surface area (Å²) in [7, 11) is 0. The number of hydrogen-bond donors (Lipinski definition) is 0. The van der Waals surface area contributed by atoms with Crippen LogP contribution in [0.4, 0.5) is 17.6 Å². The van der Waals surface area contributed by atoms with Gasteiger partial charge in [0, 0.05) is 12.2 Å². The van der Waals surface area contributed by atoms with Gasteiger partial charge in [0.05, 0.1) is 0 Å². The summed E-state index contributed by atoms with van der Waals surface area (Å²) in [6, 6.07) is 0. The molecule has 0 aliphatic carbocycles. The maximum Gasteiger partial charge on any atom is 0.347 e. The molecule has 1 heterocycles. The van der Waals surface area contributed by atoms with Crippen LogP contribution in [0.3, 0.4) is 0 Å². The molecule has 1 aliphatic heterocycles. The van der Waals surface area contributed by atoms with Crippen molar-refractivity contribution >= 4 is 23.5 Å². The predicted octanol–water partition coefficient (Wildman–Crippen LogP) is 3.00. The Labute approximate surface area is 63.7 Å². The van der Waals surface area contributed by atoms with Crippen molar-refractivity contribution in [2.75, 3.05) is 5.75 Å². The fourth-order valence-electron chi connectivity index (χ4n) is 0.543. The second kappa shape index (κ2) is 2.48. The smallest absolute Gasteiger partial charge is 0.194 e. The summed E-state index contributed by atoms with van der Waals surface area (Å²) in [5.74, 6) is -0.174. The number of alkyl halides is 4. The molecule has 0 aromatic heterocycles. The zero-order valence-electron chi connectivity index (χ0n) is 4.74. The van der Waals surface area contributed by atoms with Crippen molar-refractivity contribution in [2.24, 2.45) is 0 Å². The van der Waals surface area contributed by atoms with E-state index in [9.17, 15) is 17.6 Å². The minimum Gasteiger partial charge on any atom is -0.194 e. The van der Waals surface area contributed by atoms with Crippen molar-refractivity contribution in [3.63, 3.8) is 0 Å². The van der Waals surface area contributed by atoms with Crippen molar-refractivity contribution in [3.8, 4) is 0 Å². The molecule has 0 spiro atoms. The first kappa shape index (κ1) is 8.52. The van der Waals surface area contributed by atoms with E-state index in [0.717, 1.165) is 0 Å². The fraction of sp³-hybridized carbons (Fsp3) is 1.00. The zero-order valence-corrected chi connectivity index (χ0v) is 6.38. The van der Waals surface area contributed by atoms with Crippen LogP contribution < -0.4 is 0 Å². The first-order chi connectivity index (χ1) is 4.41. The van der Waals surface area contributed by atoms with E-state index in [0.29, 0.717) is 0 Å². The summed E-state index contributed by atoms with van der Waals surface area (Å²) in [6.07, 6.45) is -0.460. The molecule has 6 heteroatoms. The predicted molar refractivity (Wildman–Crippen MR) is 34.6 cm³/mol. The third kappa shape index (κ3) is 2.23. The maximum atomic E-state index is 12.2. The number of halogens is 4. The molecule has 0 aromatic carbocycles. The topological polar surface area (TPSA) is 0 Å². The second-order valence-corrected chi connectivity index (χ2v) is 4.58. The first-order valence-electron chi connectivity index (χ1n) is 2.51. The quantitative estimate of drug-likeness (QED) is 0.541. The van der Waals surface area contributed by atoms with Crippen LogP contribution in [-0.2, 0) is 0 Å². The van der Waals surface area contributed by atoms with Crippen molar-refractivity contribution in [1.82, 2.24) is 0 Å². The Kier molecular flexibility index (Phi) is 2.11. The molecule has 0 aromatic rings. The van der Waals surface area contributed by atoms with Gasteiger partial charge in [-0.3, -0.25) is 0 Å². The zero-order chi connectivity index (χ0) is 7.83. The lowest BCUT2D eigenvalue weighted by Crippen LogP contribution is -2.25. The summed E-state index contributed by atoms with van der Waals surface area (Å²) in [5.41, 5.74) is 0. The van der Waals surface area contributed by atoms with Gasteiger partial charge in [0.15, 0.2) is 0 Å². The molecule has 1 saturated heterocycles. The molecule has 0 radical (unpaired) electrons. The van der Waals surface area contributed by atoms with E-state index in [2.05, 4.69) is 0 Å². The minimum absolute atomic E-state index is 0.174. The average molecular weight is 192 g/mol. The highest BCUT2D eigenvalue weighted by Crippen LogP contribution is 2.54. The Morgan fingerprint density at radius 2 is 1.70 bits per heavy atom. The van der Waals surface area contributed by atoms with E-state index >= 15 is 0 Å². The van der Waals surface area contributed by atoms with Crippen LogP contribution in [0.5, 0.6) is 0 Å². The third-order valence-corrected chi connectivity index (χ3v) is 3.02. The lowest BCUT2D eigenvalue weighted by molar-refractivity contribution is 0.0874. The van der Waals surface area contributed by atoms with E-state index in [1.54, 1.807) is 0 Å². The Bertz CT molecular complexity index is 121. The Hall–Kier alpha value is 0.420. The molecular weight excluding hydrogens is 188 g/mol. The van der Waals surface area contributed by atoms with Gasteiger partial charge >= 0.3 is 9.84 Å². The van der Waals surface area contributed by atoms with Gasteiger partial charge in [-0.15, -0.1) is 0 Å². The molecule has 0 amide bonds. The summed E-state index contributed by atoms with van der Waals surface area (Å²) in [6.45, 7) is 0. The fourth-order valence-corrected chi connectivity index (χ4v) is 2.67. The van der Waals surface area contributed by atoms with E-state index in [-0.39, 0.29) is 17.5 Å². The van der Waals surface area contributed by atoms with Crippen LogP contribution in [-0.4, -0.2) is 15.6 Å². The minimum atomic E-state index is -3.30. The van der Waals surface area contributed by atoms with Crippen molar-refractivity contribution < 1.29 is 17.6 Å². The second-order valence-electron chi connectivity index (χ2n) is 1.80. The van der Waals surface area contributed by atoms with Crippen molar-refractivity contribution in [2.45, 2.75) is 16.3 Å². The molecule has 0 nitrogen and oxygen atoms in total.